The summed E-state index contributed by atoms with van der Waals surface area (Å²) >= 11 is 12.3. The number of hydroxylamine groups is 1. The molecule has 0 unspecified atom stereocenters. The summed E-state index contributed by atoms with van der Waals surface area (Å²) in [7, 11) is 0. The minimum atomic E-state index is -1.04. The number of nitrogens with two attached hydrogens (primary N) is 2. The number of halogens is 5. The molecule has 10 N–H and O–H groups in total. The number of nitrogen functional groups attached to an aromatic ring is 1. The lowest BCUT2D eigenvalue weighted by molar-refractivity contribution is -0.131. The minimum absolute atomic E-state index is 0. The number of anilines is 4. The lowest BCUT2D eigenvalue weighted by Crippen LogP contribution is -2.50. The third-order valence-corrected chi connectivity index (χ3v) is 15.0. The molecule has 0 radical (unpaired) electrons. The normalized spacial score (nSPS) is 14.2. The number of morpholine rings is 3. The summed E-state index contributed by atoms with van der Waals surface area (Å²) in [5.74, 6) is 4.77. The number of nitrogens with one attached hydrogen (secondary N) is 5. The fourth-order valence-corrected chi connectivity index (χ4v) is 8.13. The first-order chi connectivity index (χ1) is 39.0. The average Bonchev–Trinajstić information content (AvgIpc) is 3.57. The zero-order valence-corrected chi connectivity index (χ0v) is 53.8. The maximum atomic E-state index is 12.2. The molecule has 442 valence electrons. The van der Waals surface area contributed by atoms with Gasteiger partial charge in [0.2, 0.25) is 22.4 Å². The smallest absolute Gasteiger partial charge is 0.267 e. The second kappa shape index (κ2) is 41.3. The van der Waals surface area contributed by atoms with Gasteiger partial charge in [0.15, 0.2) is 0 Å². The molecule has 3 saturated heterocycles. The van der Waals surface area contributed by atoms with Gasteiger partial charge in [0.25, 0.3) is 11.8 Å². The molecule has 0 saturated carbocycles. The van der Waals surface area contributed by atoms with Crippen LogP contribution in [0.4, 0.5) is 22.7 Å². The number of hydrogen-bond acceptors (Lipinski definition) is 15. The molecule has 1 atom stereocenters. The van der Waals surface area contributed by atoms with Gasteiger partial charge in [-0.3, -0.25) is 48.7 Å². The number of carbonyl (C=O) groups excluding carboxylic acids is 6. The van der Waals surface area contributed by atoms with E-state index in [0.29, 0.717) is 55.0 Å². The fourth-order valence-electron chi connectivity index (χ4n) is 7.06. The summed E-state index contributed by atoms with van der Waals surface area (Å²) in [5.41, 5.74) is 17.3. The Morgan fingerprint density at radius 1 is 0.549 bits per heavy atom. The Morgan fingerprint density at radius 2 is 0.854 bits per heavy atom. The van der Waals surface area contributed by atoms with Crippen LogP contribution in [0.1, 0.15) is 28.9 Å². The molecule has 25 heteroatoms. The van der Waals surface area contributed by atoms with E-state index in [1.54, 1.807) is 36.4 Å². The number of alkyl halides is 1. The quantitative estimate of drug-likeness (QED) is 0.0107. The standard InChI is InChI=1S/C24H27N5O5.2C12H15IN2O2.C6H6IN.C2H2Br2O.CH4/c25-15-21(24(32)28-33)27-23(31)19-7-3-17(4-8-19)1-2-18-5-9-20(10-6-18)26-22(30)16-29-11-13-34-14-12-29;2*13-10-1-3-11(4-2-10)14-12(16)9-15-5-7-17-8-6-15;7-5-1-3-6(8)4-2-5;3-1-2(4)5;/h3-10,21,33H,11-16,25H2,(H,26,30)(H,27,31)(H,28,32);2*1-4H,5-9H2,(H,14,16);1-4H,8H2;1H2;1H4/t21-;;;;;/m0...../s1. The fraction of sp³-hybridized carbons (Fsp3) is 0.333. The number of benzene rings is 5. The highest BCUT2D eigenvalue weighted by atomic mass is 127. The summed E-state index contributed by atoms with van der Waals surface area (Å²) in [6.07, 6.45) is 0. The van der Waals surface area contributed by atoms with Gasteiger partial charge in [0.1, 0.15) is 6.04 Å². The van der Waals surface area contributed by atoms with Crippen LogP contribution in [0.3, 0.4) is 0 Å². The molecule has 20 nitrogen and oxygen atoms in total. The molecule has 5 amide bonds. The molecule has 5 aromatic rings. The molecule has 3 heterocycles. The van der Waals surface area contributed by atoms with Gasteiger partial charge < -0.3 is 46.9 Å². The van der Waals surface area contributed by atoms with Crippen molar-refractivity contribution in [3.8, 4) is 11.8 Å². The van der Waals surface area contributed by atoms with Crippen LogP contribution in [-0.2, 0) is 38.2 Å². The highest BCUT2D eigenvalue weighted by Crippen LogP contribution is 2.14. The van der Waals surface area contributed by atoms with Gasteiger partial charge in [-0.1, -0.05) is 35.2 Å². The molecule has 3 fully saturated rings. The van der Waals surface area contributed by atoms with E-state index in [1.807, 2.05) is 84.9 Å². The summed E-state index contributed by atoms with van der Waals surface area (Å²) in [6, 6.07) is 36.0. The largest absolute Gasteiger partial charge is 0.399 e. The molecule has 0 spiro atoms. The van der Waals surface area contributed by atoms with Crippen LogP contribution < -0.4 is 38.2 Å². The number of nitrogens with zero attached hydrogens (tertiary/aromatic N) is 3. The van der Waals surface area contributed by atoms with E-state index in [0.717, 1.165) is 95.5 Å². The van der Waals surface area contributed by atoms with Gasteiger partial charge in [-0.05, 0) is 205 Å². The maximum Gasteiger partial charge on any atom is 0.267 e. The number of hydrogen-bond donors (Lipinski definition) is 8. The summed E-state index contributed by atoms with van der Waals surface area (Å²) in [6.45, 7) is 10.1. The van der Waals surface area contributed by atoms with Crippen LogP contribution in [0.5, 0.6) is 0 Å². The van der Waals surface area contributed by atoms with Gasteiger partial charge in [-0.15, -0.1) is 0 Å². The molecule has 5 aromatic carbocycles. The second-order valence-corrected chi connectivity index (χ2v) is 22.7. The van der Waals surface area contributed by atoms with Gasteiger partial charge in [-0.2, -0.15) is 0 Å². The summed E-state index contributed by atoms with van der Waals surface area (Å²) in [4.78, 5) is 75.3. The molecule has 8 rings (SSSR count). The average molecular weight is 1590 g/mol. The maximum absolute atomic E-state index is 12.2. The Balaban J connectivity index is 0.000000307. The van der Waals surface area contributed by atoms with Crippen molar-refractivity contribution in [2.45, 2.75) is 13.5 Å². The Kier molecular flexibility index (Phi) is 36.1. The van der Waals surface area contributed by atoms with Crippen LogP contribution in [0.2, 0.25) is 0 Å². The highest BCUT2D eigenvalue weighted by molar-refractivity contribution is 14.1. The minimum Gasteiger partial charge on any atom is -0.399 e. The Labute approximate surface area is 537 Å². The first kappa shape index (κ1) is 71.6. The number of carbonyl (C=O) groups is 6. The predicted octanol–water partition coefficient (Wildman–Crippen LogP) is 6.86. The van der Waals surface area contributed by atoms with Crippen molar-refractivity contribution in [2.24, 2.45) is 5.73 Å². The molecule has 0 bridgehead atoms. The Hall–Kier alpha value is -4.69. The van der Waals surface area contributed by atoms with Crippen molar-refractivity contribution < 1.29 is 48.2 Å². The van der Waals surface area contributed by atoms with Gasteiger partial charge in [0, 0.05) is 96.0 Å². The van der Waals surface area contributed by atoms with E-state index in [-0.39, 0.29) is 36.4 Å². The van der Waals surface area contributed by atoms with Crippen molar-refractivity contribution in [1.82, 2.24) is 25.5 Å². The first-order valence-electron chi connectivity index (χ1n) is 25.3. The number of amides is 5. The van der Waals surface area contributed by atoms with E-state index >= 15 is 0 Å². The van der Waals surface area contributed by atoms with E-state index in [9.17, 15) is 28.8 Å². The summed E-state index contributed by atoms with van der Waals surface area (Å²) < 4.78 is 19.3. The van der Waals surface area contributed by atoms with Crippen molar-refractivity contribution in [1.29, 1.82) is 0 Å². The highest BCUT2D eigenvalue weighted by Gasteiger charge is 2.20. The van der Waals surface area contributed by atoms with Gasteiger partial charge in [-0.25, -0.2) is 5.48 Å². The molecular weight excluding hydrogens is 1530 g/mol. The van der Waals surface area contributed by atoms with E-state index in [2.05, 4.69) is 147 Å². The molecule has 3 aliphatic heterocycles. The van der Waals surface area contributed by atoms with E-state index < -0.39 is 17.9 Å². The van der Waals surface area contributed by atoms with Crippen molar-refractivity contribution in [3.05, 3.63) is 149 Å². The molecule has 82 heavy (non-hydrogen) atoms. The van der Waals surface area contributed by atoms with E-state index in [1.165, 1.54) is 9.05 Å². The number of ether oxygens (including phenoxy) is 3. The van der Waals surface area contributed by atoms with Crippen molar-refractivity contribution >= 4 is 157 Å². The Bertz CT molecular complexity index is 2690. The zero-order chi connectivity index (χ0) is 58.8. The van der Waals surface area contributed by atoms with Crippen LogP contribution in [-0.4, -0.2) is 171 Å². The van der Waals surface area contributed by atoms with Gasteiger partial charge >= 0.3 is 0 Å². The van der Waals surface area contributed by atoms with Crippen LogP contribution in [0.15, 0.2) is 121 Å². The summed E-state index contributed by atoms with van der Waals surface area (Å²) in [5, 5.41) is 20.2. The topological polar surface area (TPSA) is 272 Å². The monoisotopic (exact) mass is 1590 g/mol. The predicted molar refractivity (Wildman–Crippen MR) is 353 cm³/mol. The van der Waals surface area contributed by atoms with E-state index in [4.69, 9.17) is 30.9 Å². The molecule has 3 aliphatic rings. The first-order valence-corrected chi connectivity index (χ1v) is 30.4. The zero-order valence-electron chi connectivity index (χ0n) is 44.2. The molecule has 0 aromatic heterocycles. The van der Waals surface area contributed by atoms with Crippen LogP contribution in [0, 0.1) is 22.6 Å². The molecule has 0 aliphatic carbocycles. The van der Waals surface area contributed by atoms with Gasteiger partial charge in [0.05, 0.1) is 64.6 Å². The lowest BCUT2D eigenvalue weighted by atomic mass is 10.1. The number of rotatable bonds is 14. The second-order valence-electron chi connectivity index (χ2n) is 17.5. The third kappa shape index (κ3) is 30.7. The van der Waals surface area contributed by atoms with Crippen molar-refractivity contribution in [2.75, 3.05) is 132 Å². The third-order valence-electron chi connectivity index (χ3n) is 11.3. The van der Waals surface area contributed by atoms with Crippen LogP contribution >= 0.6 is 99.6 Å². The lowest BCUT2D eigenvalue weighted by Gasteiger charge is -2.25. The Morgan fingerprint density at radius 3 is 1.15 bits per heavy atom. The van der Waals surface area contributed by atoms with Crippen molar-refractivity contribution in [3.63, 3.8) is 0 Å². The SMILES string of the molecule is C.NC[C@H](NC(=O)c1ccc(C#Cc2ccc(NC(=O)CN3CCOCC3)cc2)cc1)C(=O)NO.Nc1ccc(I)cc1.O=C(Br)CBr.O=C(CN1CCOCC1)Nc1ccc(I)cc1.O=C(CN1CCOCC1)Nc1ccc(I)cc1. The van der Waals surface area contributed by atoms with Crippen LogP contribution in [0.25, 0.3) is 0 Å². The molecular formula is C57H69Br2I3N10O10.